The van der Waals surface area contributed by atoms with E-state index in [2.05, 4.69) is 15.4 Å². The van der Waals surface area contributed by atoms with Crippen molar-refractivity contribution in [3.63, 3.8) is 0 Å². The number of benzene rings is 2. The Morgan fingerprint density at radius 2 is 1.91 bits per heavy atom. The van der Waals surface area contributed by atoms with Crippen molar-refractivity contribution in [2.75, 3.05) is 11.9 Å². The molecule has 0 saturated carbocycles. The second-order valence-electron chi connectivity index (χ2n) is 7.69. The molecule has 0 saturated heterocycles. The third-order valence-corrected chi connectivity index (χ3v) is 5.19. The van der Waals surface area contributed by atoms with Crippen molar-refractivity contribution in [1.82, 2.24) is 14.8 Å². The minimum Gasteiger partial charge on any atom is -0.484 e. The van der Waals surface area contributed by atoms with Crippen LogP contribution in [-0.2, 0) is 4.79 Å². The Bertz CT molecular complexity index is 1570. The first-order valence-corrected chi connectivity index (χ1v) is 10.4. The minimum absolute atomic E-state index is 0.225. The van der Waals surface area contributed by atoms with E-state index in [0.29, 0.717) is 23.0 Å². The molecule has 164 valence electrons. The summed E-state index contributed by atoms with van der Waals surface area (Å²) in [6.07, 6.45) is 0. The standard InChI is InChI=1S/C25H20N4O4/c1-15-11-25(31)33-21-13-18(8-9-19(15)21)32-14-24(30)27-23-12-16(2)28-29(23)22-10-7-17-5-3-4-6-20(17)26-22/h3-13H,14H2,1-2H3,(H,27,30). The molecule has 8 heteroatoms. The summed E-state index contributed by atoms with van der Waals surface area (Å²) < 4.78 is 12.4. The maximum Gasteiger partial charge on any atom is 0.336 e. The molecule has 8 nitrogen and oxygen atoms in total. The van der Waals surface area contributed by atoms with Gasteiger partial charge in [0.05, 0.1) is 11.2 Å². The maximum absolute atomic E-state index is 12.6. The highest BCUT2D eigenvalue weighted by Crippen LogP contribution is 2.23. The fourth-order valence-electron chi connectivity index (χ4n) is 3.66. The number of anilines is 1. The number of nitrogens with one attached hydrogen (secondary N) is 1. The summed E-state index contributed by atoms with van der Waals surface area (Å²) >= 11 is 0. The smallest absolute Gasteiger partial charge is 0.336 e. The number of ether oxygens (including phenoxy) is 1. The van der Waals surface area contributed by atoms with Crippen LogP contribution in [0.1, 0.15) is 11.3 Å². The lowest BCUT2D eigenvalue weighted by atomic mass is 10.1. The van der Waals surface area contributed by atoms with E-state index in [1.54, 1.807) is 28.9 Å². The van der Waals surface area contributed by atoms with Crippen LogP contribution in [0.2, 0.25) is 0 Å². The normalized spacial score (nSPS) is 11.1. The molecule has 0 radical (unpaired) electrons. The maximum atomic E-state index is 12.6. The molecule has 0 unspecified atom stereocenters. The number of aromatic nitrogens is 3. The molecule has 0 atom stereocenters. The van der Waals surface area contributed by atoms with Gasteiger partial charge in [0.1, 0.15) is 17.2 Å². The molecule has 3 aromatic heterocycles. The SMILES string of the molecule is Cc1cc(NC(=O)COc2ccc3c(C)cc(=O)oc3c2)n(-c2ccc3ccccc3n2)n1. The number of carbonyl (C=O) groups is 1. The summed E-state index contributed by atoms with van der Waals surface area (Å²) in [6.45, 7) is 3.45. The van der Waals surface area contributed by atoms with Crippen molar-refractivity contribution in [2.45, 2.75) is 13.8 Å². The summed E-state index contributed by atoms with van der Waals surface area (Å²) in [7, 11) is 0. The summed E-state index contributed by atoms with van der Waals surface area (Å²) in [5, 5.41) is 9.13. The molecule has 1 amide bonds. The van der Waals surface area contributed by atoms with Crippen molar-refractivity contribution in [3.05, 3.63) is 88.4 Å². The highest BCUT2D eigenvalue weighted by Gasteiger charge is 2.13. The molecule has 2 aromatic carbocycles. The van der Waals surface area contributed by atoms with Gasteiger partial charge in [0.2, 0.25) is 0 Å². The average molecular weight is 440 g/mol. The van der Waals surface area contributed by atoms with E-state index in [4.69, 9.17) is 9.15 Å². The van der Waals surface area contributed by atoms with Gasteiger partial charge in [-0.15, -0.1) is 0 Å². The monoisotopic (exact) mass is 440 g/mol. The highest BCUT2D eigenvalue weighted by molar-refractivity contribution is 5.91. The quantitative estimate of drug-likeness (QED) is 0.412. The summed E-state index contributed by atoms with van der Waals surface area (Å²) in [5.41, 5.74) is 2.37. The van der Waals surface area contributed by atoms with Crippen LogP contribution in [-0.4, -0.2) is 27.3 Å². The fraction of sp³-hybridized carbons (Fsp3) is 0.120. The lowest BCUT2D eigenvalue weighted by Gasteiger charge is -2.10. The molecule has 33 heavy (non-hydrogen) atoms. The molecule has 0 spiro atoms. The van der Waals surface area contributed by atoms with E-state index in [0.717, 1.165) is 27.5 Å². The van der Waals surface area contributed by atoms with Gasteiger partial charge in [-0.2, -0.15) is 9.78 Å². The Morgan fingerprint density at radius 3 is 2.79 bits per heavy atom. The number of amides is 1. The van der Waals surface area contributed by atoms with Crippen molar-refractivity contribution in [2.24, 2.45) is 0 Å². The lowest BCUT2D eigenvalue weighted by molar-refractivity contribution is -0.118. The number of carbonyl (C=O) groups excluding carboxylic acids is 1. The van der Waals surface area contributed by atoms with Gasteiger partial charge in [-0.3, -0.25) is 4.79 Å². The molecule has 1 N–H and O–H groups in total. The topological polar surface area (TPSA) is 99.2 Å². The van der Waals surface area contributed by atoms with Crippen LogP contribution in [0.15, 0.2) is 75.9 Å². The molecular formula is C25H20N4O4. The van der Waals surface area contributed by atoms with Crippen molar-refractivity contribution >= 4 is 33.6 Å². The molecule has 0 aliphatic carbocycles. The van der Waals surface area contributed by atoms with Crippen molar-refractivity contribution in [1.29, 1.82) is 0 Å². The number of aryl methyl sites for hydroxylation is 2. The molecule has 3 heterocycles. The number of fused-ring (bicyclic) bond motifs is 2. The first kappa shape index (κ1) is 20.4. The molecule has 0 aliphatic heterocycles. The van der Waals surface area contributed by atoms with E-state index in [1.165, 1.54) is 6.07 Å². The van der Waals surface area contributed by atoms with Crippen LogP contribution in [0.5, 0.6) is 5.75 Å². The zero-order valence-electron chi connectivity index (χ0n) is 18.0. The number of rotatable bonds is 5. The Hall–Kier alpha value is -4.46. The van der Waals surface area contributed by atoms with Crippen LogP contribution in [0.4, 0.5) is 5.82 Å². The van der Waals surface area contributed by atoms with Gasteiger partial charge < -0.3 is 14.5 Å². The number of hydrogen-bond acceptors (Lipinski definition) is 6. The summed E-state index contributed by atoms with van der Waals surface area (Å²) in [4.78, 5) is 28.9. The van der Waals surface area contributed by atoms with E-state index >= 15 is 0 Å². The first-order valence-electron chi connectivity index (χ1n) is 10.4. The Morgan fingerprint density at radius 1 is 1.06 bits per heavy atom. The van der Waals surface area contributed by atoms with E-state index in [9.17, 15) is 9.59 Å². The molecule has 0 aliphatic rings. The molecule has 5 aromatic rings. The molecule has 0 bridgehead atoms. The molecule has 0 fully saturated rings. The number of nitrogens with zero attached hydrogens (tertiary/aromatic N) is 3. The van der Waals surface area contributed by atoms with Gasteiger partial charge in [-0.05, 0) is 49.7 Å². The largest absolute Gasteiger partial charge is 0.484 e. The van der Waals surface area contributed by atoms with Gasteiger partial charge in [0.25, 0.3) is 5.91 Å². The van der Waals surface area contributed by atoms with Gasteiger partial charge in [0, 0.05) is 29.0 Å². The van der Waals surface area contributed by atoms with Crippen LogP contribution < -0.4 is 15.7 Å². The third kappa shape index (κ3) is 4.18. The number of pyridine rings is 1. The molecule has 5 rings (SSSR count). The van der Waals surface area contributed by atoms with Crippen molar-refractivity contribution in [3.8, 4) is 11.6 Å². The summed E-state index contributed by atoms with van der Waals surface area (Å²) in [5.74, 6) is 1.15. The van der Waals surface area contributed by atoms with Crippen LogP contribution in [0.3, 0.4) is 0 Å². The predicted molar refractivity (Wildman–Crippen MR) is 125 cm³/mol. The summed E-state index contributed by atoms with van der Waals surface area (Å²) in [6, 6.07) is 19.9. The Balaban J connectivity index is 1.33. The van der Waals surface area contributed by atoms with Crippen LogP contribution >= 0.6 is 0 Å². The zero-order valence-corrected chi connectivity index (χ0v) is 18.0. The van der Waals surface area contributed by atoms with E-state index in [1.807, 2.05) is 50.2 Å². The van der Waals surface area contributed by atoms with Crippen molar-refractivity contribution < 1.29 is 13.9 Å². The van der Waals surface area contributed by atoms with Gasteiger partial charge in [0.15, 0.2) is 12.4 Å². The highest BCUT2D eigenvalue weighted by atomic mass is 16.5. The second-order valence-corrected chi connectivity index (χ2v) is 7.69. The number of hydrogen-bond donors (Lipinski definition) is 1. The van der Waals surface area contributed by atoms with Gasteiger partial charge in [-0.25, -0.2) is 9.78 Å². The third-order valence-electron chi connectivity index (χ3n) is 5.19. The first-order chi connectivity index (χ1) is 16.0. The fourth-order valence-corrected chi connectivity index (χ4v) is 3.66. The number of para-hydroxylation sites is 1. The minimum atomic E-state index is -0.430. The average Bonchev–Trinajstić information content (AvgIpc) is 3.16. The lowest BCUT2D eigenvalue weighted by Crippen LogP contribution is -2.22. The van der Waals surface area contributed by atoms with Crippen LogP contribution in [0.25, 0.3) is 27.7 Å². The second kappa shape index (κ2) is 8.23. The van der Waals surface area contributed by atoms with E-state index < -0.39 is 5.63 Å². The van der Waals surface area contributed by atoms with Crippen LogP contribution in [0, 0.1) is 13.8 Å². The van der Waals surface area contributed by atoms with E-state index in [-0.39, 0.29) is 12.5 Å². The predicted octanol–water partition coefficient (Wildman–Crippen LogP) is 4.16. The van der Waals surface area contributed by atoms with Gasteiger partial charge in [-0.1, -0.05) is 18.2 Å². The Kier molecular flexibility index (Phi) is 5.10. The Labute approximate surface area is 188 Å². The van der Waals surface area contributed by atoms with Gasteiger partial charge >= 0.3 is 5.63 Å². The zero-order chi connectivity index (χ0) is 22.9. The molecular weight excluding hydrogens is 420 g/mol.